The van der Waals surface area contributed by atoms with Gasteiger partial charge in [0.25, 0.3) is 8.32 Å². The van der Waals surface area contributed by atoms with Gasteiger partial charge in [0, 0.05) is 6.42 Å². The van der Waals surface area contributed by atoms with Crippen molar-refractivity contribution in [3.05, 3.63) is 72.3 Å². The van der Waals surface area contributed by atoms with Gasteiger partial charge in [-0.1, -0.05) is 93.1 Å². The van der Waals surface area contributed by atoms with Crippen molar-refractivity contribution in [3.63, 3.8) is 0 Å². The molecule has 0 saturated carbocycles. The normalized spacial score (nSPS) is 19.9. The first-order valence-electron chi connectivity index (χ1n) is 13.7. The summed E-state index contributed by atoms with van der Waals surface area (Å²) in [7, 11) is -1.55. The van der Waals surface area contributed by atoms with Crippen LogP contribution in [0.3, 0.4) is 0 Å². The second-order valence-corrected chi connectivity index (χ2v) is 17.0. The largest absolute Gasteiger partial charge is 0.467 e. The maximum atomic E-state index is 13.6. The second kappa shape index (κ2) is 11.7. The van der Waals surface area contributed by atoms with E-state index < -0.39 is 37.6 Å². The van der Waals surface area contributed by atoms with E-state index in [1.54, 1.807) is 4.90 Å². The van der Waals surface area contributed by atoms with Gasteiger partial charge in [-0.25, -0.2) is 9.59 Å². The molecule has 6 nitrogen and oxygen atoms in total. The summed E-state index contributed by atoms with van der Waals surface area (Å²) in [4.78, 5) is 28.7. The van der Waals surface area contributed by atoms with Crippen LogP contribution < -0.4 is 10.4 Å². The number of carbonyl (C=O) groups is 2. The van der Waals surface area contributed by atoms with E-state index in [2.05, 4.69) is 45.0 Å². The Morgan fingerprint density at radius 2 is 1.46 bits per heavy atom. The maximum Gasteiger partial charge on any atom is 0.411 e. The van der Waals surface area contributed by atoms with Crippen LogP contribution in [0.15, 0.2) is 72.3 Å². The predicted molar refractivity (Wildman–Crippen MR) is 159 cm³/mol. The Hall–Kier alpha value is -2.90. The third-order valence-electron chi connectivity index (χ3n) is 7.26. The van der Waals surface area contributed by atoms with Gasteiger partial charge < -0.3 is 13.9 Å². The summed E-state index contributed by atoms with van der Waals surface area (Å²) in [6.45, 7) is 16.3. The van der Waals surface area contributed by atoms with E-state index in [4.69, 9.17) is 13.9 Å². The Morgan fingerprint density at radius 1 is 0.949 bits per heavy atom. The molecule has 7 heteroatoms. The molecular weight excluding hydrogens is 506 g/mol. The van der Waals surface area contributed by atoms with Crippen LogP contribution in [0.4, 0.5) is 4.79 Å². The zero-order chi connectivity index (χ0) is 29.1. The fraction of sp³-hybridized carbons (Fsp3) is 0.500. The number of likely N-dealkylation sites (tertiary alicyclic amines) is 1. The van der Waals surface area contributed by atoms with Gasteiger partial charge in [0.15, 0.2) is 0 Å². The van der Waals surface area contributed by atoms with E-state index >= 15 is 0 Å². The van der Waals surface area contributed by atoms with E-state index in [1.165, 1.54) is 7.11 Å². The van der Waals surface area contributed by atoms with Crippen molar-refractivity contribution in [1.82, 2.24) is 4.90 Å². The van der Waals surface area contributed by atoms with Crippen LogP contribution in [0.25, 0.3) is 0 Å². The molecule has 212 valence electrons. The summed E-state index contributed by atoms with van der Waals surface area (Å²) >= 11 is 0. The maximum absolute atomic E-state index is 13.6. The highest BCUT2D eigenvalue weighted by molar-refractivity contribution is 6.99. The fourth-order valence-electron chi connectivity index (χ4n) is 5.55. The lowest BCUT2D eigenvalue weighted by atomic mass is 9.90. The number of nitrogens with zero attached hydrogens (tertiary/aromatic N) is 1. The zero-order valence-corrected chi connectivity index (χ0v) is 26.0. The summed E-state index contributed by atoms with van der Waals surface area (Å²) in [6.07, 6.45) is 1.67. The SMILES string of the molecule is COC(=O)[C@@]1(CC=C(C)C)C[C@@H](O[Si](c2ccccc2)(c2ccccc2)C(C)(C)C)CN1C(=O)OC(C)(C)C. The summed E-state index contributed by atoms with van der Waals surface area (Å²) in [5.41, 5.74) is -0.893. The van der Waals surface area contributed by atoms with E-state index in [1.807, 2.05) is 77.1 Å². The standard InChI is InChI=1S/C32H45NO5Si/c1-24(2)20-21-32(28(34)36-9)22-25(23-33(32)29(35)37-30(3,4)5)38-39(31(6,7)8,26-16-12-10-13-17-26)27-18-14-11-15-19-27/h10-20,25H,21-23H2,1-9H3/t25-,32-/m1/s1. The van der Waals surface area contributed by atoms with Crippen LogP contribution in [0, 0.1) is 0 Å². The first kappa shape index (κ1) is 30.6. The van der Waals surface area contributed by atoms with Gasteiger partial charge in [0.2, 0.25) is 0 Å². The van der Waals surface area contributed by atoms with E-state index in [0.717, 1.165) is 15.9 Å². The monoisotopic (exact) mass is 551 g/mol. The minimum atomic E-state index is -2.92. The fourth-order valence-corrected chi connectivity index (χ4v) is 10.2. The number of carbonyl (C=O) groups excluding carboxylic acids is 2. The molecule has 2 aromatic carbocycles. The molecule has 1 amide bonds. The van der Waals surface area contributed by atoms with Crippen molar-refractivity contribution in [3.8, 4) is 0 Å². The Kier molecular flexibility index (Phi) is 9.18. The lowest BCUT2D eigenvalue weighted by Crippen LogP contribution is -2.67. The smallest absolute Gasteiger partial charge is 0.411 e. The number of allylic oxidation sites excluding steroid dienone is 1. The van der Waals surface area contributed by atoms with E-state index in [-0.39, 0.29) is 11.6 Å². The van der Waals surface area contributed by atoms with Crippen molar-refractivity contribution < 1.29 is 23.5 Å². The van der Waals surface area contributed by atoms with E-state index in [0.29, 0.717) is 12.8 Å². The highest BCUT2D eigenvalue weighted by Crippen LogP contribution is 2.43. The van der Waals surface area contributed by atoms with Crippen molar-refractivity contribution in [1.29, 1.82) is 0 Å². The van der Waals surface area contributed by atoms with Crippen molar-refractivity contribution in [2.45, 2.75) is 90.5 Å². The average Bonchev–Trinajstić information content (AvgIpc) is 3.24. The Balaban J connectivity index is 2.18. The van der Waals surface area contributed by atoms with Gasteiger partial charge in [0.05, 0.1) is 19.8 Å². The molecule has 0 N–H and O–H groups in total. The minimum Gasteiger partial charge on any atom is -0.467 e. The molecule has 0 spiro atoms. The van der Waals surface area contributed by atoms with Gasteiger partial charge >= 0.3 is 12.1 Å². The molecular formula is C32H45NO5Si. The number of rotatable bonds is 7. The van der Waals surface area contributed by atoms with Crippen molar-refractivity contribution in [2.24, 2.45) is 0 Å². The number of methoxy groups -OCH3 is 1. The van der Waals surface area contributed by atoms with E-state index in [9.17, 15) is 9.59 Å². The number of benzene rings is 2. The molecule has 2 aromatic rings. The number of amides is 1. The second-order valence-electron chi connectivity index (χ2n) is 12.7. The number of esters is 1. The van der Waals surface area contributed by atoms with Crippen LogP contribution in [0.2, 0.25) is 5.04 Å². The summed E-state index contributed by atoms with van der Waals surface area (Å²) < 4.78 is 18.5. The first-order valence-corrected chi connectivity index (χ1v) is 15.6. The molecule has 3 rings (SSSR count). The third kappa shape index (κ3) is 6.47. The molecule has 1 aliphatic heterocycles. The first-order chi connectivity index (χ1) is 18.2. The summed E-state index contributed by atoms with van der Waals surface area (Å²) in [6, 6.07) is 20.8. The van der Waals surface area contributed by atoms with Crippen LogP contribution in [0.1, 0.15) is 68.2 Å². The molecule has 1 heterocycles. The molecule has 0 bridgehead atoms. The Morgan fingerprint density at radius 3 is 1.87 bits per heavy atom. The van der Waals surface area contributed by atoms with Gasteiger partial charge in [-0.15, -0.1) is 0 Å². The minimum absolute atomic E-state index is 0.227. The predicted octanol–water partition coefficient (Wildman–Crippen LogP) is 5.84. The van der Waals surface area contributed by atoms with Gasteiger partial charge in [-0.2, -0.15) is 0 Å². The van der Waals surface area contributed by atoms with Crippen LogP contribution >= 0.6 is 0 Å². The quantitative estimate of drug-likeness (QED) is 0.246. The molecule has 2 atom stereocenters. The van der Waals surface area contributed by atoms with Gasteiger partial charge in [-0.3, -0.25) is 4.90 Å². The van der Waals surface area contributed by atoms with Crippen LogP contribution in [0.5, 0.6) is 0 Å². The lowest BCUT2D eigenvalue weighted by Gasteiger charge is -2.44. The molecule has 0 radical (unpaired) electrons. The van der Waals surface area contributed by atoms with Crippen LogP contribution in [-0.2, 0) is 18.7 Å². The summed E-state index contributed by atoms with van der Waals surface area (Å²) in [5.74, 6) is -0.459. The zero-order valence-electron chi connectivity index (χ0n) is 25.0. The number of hydrogen-bond donors (Lipinski definition) is 0. The Bertz CT molecular complexity index is 1120. The molecule has 0 aromatic heterocycles. The highest BCUT2D eigenvalue weighted by atomic mass is 28.4. The Labute approximate surface area is 235 Å². The highest BCUT2D eigenvalue weighted by Gasteiger charge is 2.59. The number of ether oxygens (including phenoxy) is 2. The topological polar surface area (TPSA) is 65.1 Å². The molecule has 0 unspecified atom stereocenters. The van der Waals surface area contributed by atoms with Gasteiger partial charge in [0.1, 0.15) is 11.1 Å². The molecule has 1 fully saturated rings. The van der Waals surface area contributed by atoms with Crippen LogP contribution in [-0.4, -0.2) is 56.2 Å². The van der Waals surface area contributed by atoms with Gasteiger partial charge in [-0.05, 0) is 56.5 Å². The average molecular weight is 552 g/mol. The lowest BCUT2D eigenvalue weighted by molar-refractivity contribution is -0.153. The molecule has 1 saturated heterocycles. The molecule has 39 heavy (non-hydrogen) atoms. The molecule has 1 aliphatic rings. The summed E-state index contributed by atoms with van der Waals surface area (Å²) in [5, 5.41) is 2.04. The molecule has 0 aliphatic carbocycles. The number of hydrogen-bond acceptors (Lipinski definition) is 5. The van der Waals surface area contributed by atoms with Crippen molar-refractivity contribution in [2.75, 3.05) is 13.7 Å². The third-order valence-corrected chi connectivity index (χ3v) is 12.3. The van der Waals surface area contributed by atoms with Crippen molar-refractivity contribution >= 4 is 30.8 Å².